The zero-order valence-electron chi connectivity index (χ0n) is 21.9. The van der Waals surface area contributed by atoms with Crippen molar-refractivity contribution < 1.29 is 38.5 Å². The van der Waals surface area contributed by atoms with E-state index in [1.165, 1.54) is 42.5 Å². The summed E-state index contributed by atoms with van der Waals surface area (Å²) < 4.78 is 90.9. The molecule has 16 nitrogen and oxygen atoms in total. The average molecular weight is 682 g/mol. The van der Waals surface area contributed by atoms with Crippen molar-refractivity contribution in [1.82, 2.24) is 24.9 Å². The molecule has 0 aliphatic rings. The molecule has 0 spiro atoms. The van der Waals surface area contributed by atoms with Crippen molar-refractivity contribution in [3.8, 4) is 11.4 Å². The number of hydrogen-bond donors (Lipinski definition) is 5. The largest absolute Gasteiger partial charge is 0.397 e. The Morgan fingerprint density at radius 3 is 2.09 bits per heavy atom. The number of H-pyrrole nitrogens is 1. The number of nitrogens with zero attached hydrogens (tertiary/aromatic N) is 4. The van der Waals surface area contributed by atoms with Crippen LogP contribution < -0.4 is 10.6 Å². The second-order valence-electron chi connectivity index (χ2n) is 8.91. The number of aromatic nitrogens is 5. The quantitative estimate of drug-likeness (QED) is 0.125. The van der Waals surface area contributed by atoms with Crippen molar-refractivity contribution in [2.45, 2.75) is 9.79 Å². The highest BCUT2D eigenvalue weighted by Gasteiger charge is 2.17. The van der Waals surface area contributed by atoms with E-state index in [9.17, 15) is 29.8 Å². The maximum Gasteiger partial charge on any atom is 0.397 e. The van der Waals surface area contributed by atoms with Crippen LogP contribution in [0.5, 0.6) is 0 Å². The Bertz CT molecular complexity index is 2190. The number of nitrogens with one attached hydrogen (secondary N) is 3. The minimum Gasteiger partial charge on any atom is -0.338 e. The van der Waals surface area contributed by atoms with Gasteiger partial charge in [-0.05, 0) is 66.2 Å². The summed E-state index contributed by atoms with van der Waals surface area (Å²) in [7, 11) is -13.0. The Morgan fingerprint density at radius 2 is 1.43 bits per heavy atom. The summed E-state index contributed by atoms with van der Waals surface area (Å²) in [6, 6.07) is 16.4. The SMILES string of the molecule is O=S(=O)(O)OCCS(=O)(=O)c1ccc(Nc2nc(Cl)nc(Nc3cccc(-c4nc5ccc(S(=O)(=O)O)cc5[nH]4)c3)n2)cc1. The zero-order valence-corrected chi connectivity index (χ0v) is 25.1. The normalized spacial score (nSPS) is 12.3. The van der Waals surface area contributed by atoms with Gasteiger partial charge in [0, 0.05) is 16.9 Å². The number of aromatic amines is 1. The summed E-state index contributed by atoms with van der Waals surface area (Å²) in [5.41, 5.74) is 2.48. The highest BCUT2D eigenvalue weighted by Crippen LogP contribution is 2.26. The molecule has 0 aliphatic carbocycles. The molecule has 2 heterocycles. The summed E-state index contributed by atoms with van der Waals surface area (Å²) in [5, 5.41) is 5.75. The van der Waals surface area contributed by atoms with Crippen LogP contribution in [0.2, 0.25) is 5.28 Å². The number of anilines is 4. The van der Waals surface area contributed by atoms with Crippen molar-refractivity contribution in [3.63, 3.8) is 0 Å². The van der Waals surface area contributed by atoms with E-state index in [1.54, 1.807) is 24.3 Å². The van der Waals surface area contributed by atoms with Gasteiger partial charge in [-0.15, -0.1) is 0 Å². The summed E-state index contributed by atoms with van der Waals surface area (Å²) in [6.45, 7) is -0.751. The smallest absolute Gasteiger partial charge is 0.338 e. The zero-order chi connectivity index (χ0) is 31.7. The number of halogens is 1. The third kappa shape index (κ3) is 7.82. The molecule has 0 unspecified atom stereocenters. The van der Waals surface area contributed by atoms with Gasteiger partial charge in [0.05, 0.1) is 33.2 Å². The van der Waals surface area contributed by atoms with Crippen LogP contribution in [0.3, 0.4) is 0 Å². The Kier molecular flexibility index (Phi) is 8.53. The summed E-state index contributed by atoms with van der Waals surface area (Å²) in [4.78, 5) is 19.5. The minimum absolute atomic E-state index is 0.0349. The van der Waals surface area contributed by atoms with E-state index in [2.05, 4.69) is 39.7 Å². The predicted octanol–water partition coefficient (Wildman–Crippen LogP) is 3.40. The molecule has 0 saturated carbocycles. The van der Waals surface area contributed by atoms with Crippen molar-refractivity contribution in [1.29, 1.82) is 0 Å². The molecule has 2 aromatic heterocycles. The highest BCUT2D eigenvalue weighted by molar-refractivity contribution is 7.91. The van der Waals surface area contributed by atoms with Crippen molar-refractivity contribution in [2.24, 2.45) is 0 Å². The van der Waals surface area contributed by atoms with Crippen LogP contribution in [0.4, 0.5) is 23.3 Å². The second-order valence-corrected chi connectivity index (χ2v) is 13.9. The van der Waals surface area contributed by atoms with Crippen LogP contribution >= 0.6 is 11.6 Å². The Hall–Kier alpha value is -4.24. The predicted molar refractivity (Wildman–Crippen MR) is 159 cm³/mol. The first-order chi connectivity index (χ1) is 20.6. The maximum atomic E-state index is 12.4. The van der Waals surface area contributed by atoms with E-state index in [-0.39, 0.29) is 27.0 Å². The fourth-order valence-electron chi connectivity index (χ4n) is 3.86. The average Bonchev–Trinajstić information content (AvgIpc) is 3.36. The van der Waals surface area contributed by atoms with E-state index in [4.69, 9.17) is 16.2 Å². The molecule has 20 heteroatoms. The molecule has 230 valence electrons. The number of imidazole rings is 1. The van der Waals surface area contributed by atoms with E-state index in [0.717, 1.165) is 0 Å². The van der Waals surface area contributed by atoms with Crippen LogP contribution in [-0.4, -0.2) is 71.6 Å². The first-order valence-corrected chi connectivity index (χ1v) is 17.0. The maximum absolute atomic E-state index is 12.4. The van der Waals surface area contributed by atoms with E-state index in [1.807, 2.05) is 0 Å². The van der Waals surface area contributed by atoms with Gasteiger partial charge in [-0.2, -0.15) is 31.8 Å². The lowest BCUT2D eigenvalue weighted by atomic mass is 10.2. The molecule has 0 radical (unpaired) electrons. The number of rotatable bonds is 11. The van der Waals surface area contributed by atoms with Gasteiger partial charge in [0.1, 0.15) is 5.82 Å². The molecule has 5 rings (SSSR count). The van der Waals surface area contributed by atoms with Crippen LogP contribution in [0.15, 0.2) is 76.5 Å². The third-order valence-electron chi connectivity index (χ3n) is 5.81. The molecular formula is C24H20ClN7O9S3. The number of sulfone groups is 1. The Labute approximate surface area is 255 Å². The van der Waals surface area contributed by atoms with E-state index >= 15 is 0 Å². The lowest BCUT2D eigenvalue weighted by Gasteiger charge is -2.10. The van der Waals surface area contributed by atoms with Crippen molar-refractivity contribution >= 4 is 76.3 Å². The molecule has 5 aromatic rings. The molecule has 3 aromatic carbocycles. The van der Waals surface area contributed by atoms with Gasteiger partial charge in [0.2, 0.25) is 17.2 Å². The number of hydrogen-bond acceptors (Lipinski definition) is 13. The van der Waals surface area contributed by atoms with Crippen molar-refractivity contribution in [3.05, 3.63) is 72.0 Å². The summed E-state index contributed by atoms with van der Waals surface area (Å²) in [5.74, 6) is -0.133. The Morgan fingerprint density at radius 1 is 0.773 bits per heavy atom. The topological polar surface area (TPSA) is 244 Å². The molecule has 0 fully saturated rings. The fraction of sp³-hybridized carbons (Fsp3) is 0.0833. The van der Waals surface area contributed by atoms with Gasteiger partial charge in [-0.3, -0.25) is 9.11 Å². The van der Waals surface area contributed by atoms with E-state index in [0.29, 0.717) is 33.8 Å². The van der Waals surface area contributed by atoms with E-state index < -0.39 is 42.7 Å². The lowest BCUT2D eigenvalue weighted by Crippen LogP contribution is -2.15. The molecule has 44 heavy (non-hydrogen) atoms. The van der Waals surface area contributed by atoms with Gasteiger partial charge < -0.3 is 15.6 Å². The van der Waals surface area contributed by atoms with Crippen LogP contribution in [0.25, 0.3) is 22.4 Å². The van der Waals surface area contributed by atoms with Crippen LogP contribution in [0.1, 0.15) is 0 Å². The first kappa shape index (κ1) is 31.2. The molecule has 0 amide bonds. The fourth-order valence-corrected chi connectivity index (χ4v) is 6.02. The molecule has 5 N–H and O–H groups in total. The second kappa shape index (κ2) is 12.0. The minimum atomic E-state index is -4.76. The van der Waals surface area contributed by atoms with Gasteiger partial charge in [0.25, 0.3) is 10.1 Å². The third-order valence-corrected chi connectivity index (χ3v) is 8.98. The lowest BCUT2D eigenvalue weighted by molar-refractivity contribution is 0.284. The number of benzene rings is 3. The van der Waals surface area contributed by atoms with Crippen LogP contribution in [-0.2, 0) is 34.5 Å². The Balaban J connectivity index is 1.30. The number of fused-ring (bicyclic) bond motifs is 1. The molecule has 0 bridgehead atoms. The molecule has 0 saturated heterocycles. The van der Waals surface area contributed by atoms with Gasteiger partial charge in [-0.1, -0.05) is 12.1 Å². The molecular weight excluding hydrogens is 662 g/mol. The molecule has 0 atom stereocenters. The standard InChI is InChI=1S/C24H20ClN7O9S3/c25-22-30-23(26-15-4-6-17(7-5-15)42(33,34)11-10-41-44(38,39)40)32-24(31-22)27-16-3-1-2-14(12-16)21-28-19-9-8-18(43(35,36)37)13-20(19)29-21/h1-9,12-13H,10-11H2,(H,28,29)(H,35,36,37)(H,38,39,40)(H2,26,27,30,31,32). The molecule has 0 aliphatic heterocycles. The van der Waals surface area contributed by atoms with Gasteiger partial charge >= 0.3 is 10.4 Å². The van der Waals surface area contributed by atoms with Gasteiger partial charge in [-0.25, -0.2) is 17.6 Å². The summed E-state index contributed by atoms with van der Waals surface area (Å²) >= 11 is 6.10. The first-order valence-electron chi connectivity index (χ1n) is 12.1. The monoisotopic (exact) mass is 681 g/mol. The highest BCUT2D eigenvalue weighted by atomic mass is 35.5. The van der Waals surface area contributed by atoms with Gasteiger partial charge in [0.15, 0.2) is 9.84 Å². The van der Waals surface area contributed by atoms with Crippen molar-refractivity contribution in [2.75, 3.05) is 23.0 Å². The summed E-state index contributed by atoms with van der Waals surface area (Å²) in [6.07, 6.45) is 0. The van der Waals surface area contributed by atoms with Crippen LogP contribution in [0, 0.1) is 0 Å².